The highest BCUT2D eigenvalue weighted by Gasteiger charge is 2.29. The Morgan fingerprint density at radius 2 is 1.85 bits per heavy atom. The van der Waals surface area contributed by atoms with E-state index in [1.807, 2.05) is 18.2 Å². The molecule has 3 amide bonds. The number of amides is 3. The first-order valence-electron chi connectivity index (χ1n) is 6.10. The molecule has 7 nitrogen and oxygen atoms in total. The number of hydrogen-bond donors (Lipinski definition) is 1. The Bertz CT molecular complexity index is 718. The molecule has 1 aromatic heterocycles. The third-order valence-electron chi connectivity index (χ3n) is 3.20. The highest BCUT2D eigenvalue weighted by Crippen LogP contribution is 2.19. The number of nitrogens with one attached hydrogen (secondary N) is 1. The summed E-state index contributed by atoms with van der Waals surface area (Å²) in [6.07, 6.45) is 0. The zero-order valence-corrected chi connectivity index (χ0v) is 10.8. The molecule has 20 heavy (non-hydrogen) atoms. The molecular formula is C13H12N4O3. The molecule has 0 bridgehead atoms. The number of hydrogen-bond acceptors (Lipinski definition) is 4. The molecule has 0 spiro atoms. The lowest BCUT2D eigenvalue weighted by Crippen LogP contribution is -2.53. The van der Waals surface area contributed by atoms with E-state index in [4.69, 9.17) is 0 Å². The summed E-state index contributed by atoms with van der Waals surface area (Å²) in [5.41, 5.74) is 1.08. The zero-order valence-electron chi connectivity index (χ0n) is 10.8. The molecule has 1 aliphatic heterocycles. The van der Waals surface area contributed by atoms with Crippen molar-refractivity contribution in [2.75, 3.05) is 13.1 Å². The SMILES string of the molecule is Cn1nc(C(=O)N2CC(=O)NC(=O)C2)c2ccccc21. The van der Waals surface area contributed by atoms with Crippen LogP contribution in [0.1, 0.15) is 10.5 Å². The summed E-state index contributed by atoms with van der Waals surface area (Å²) >= 11 is 0. The van der Waals surface area contributed by atoms with Crippen LogP contribution in [0.4, 0.5) is 0 Å². The van der Waals surface area contributed by atoms with Crippen LogP contribution in [0.15, 0.2) is 24.3 Å². The van der Waals surface area contributed by atoms with Gasteiger partial charge in [0.2, 0.25) is 11.8 Å². The van der Waals surface area contributed by atoms with Gasteiger partial charge in [0.05, 0.1) is 5.52 Å². The average Bonchev–Trinajstić information content (AvgIpc) is 2.75. The molecule has 1 aliphatic rings. The number of carbonyl (C=O) groups is 3. The van der Waals surface area contributed by atoms with Gasteiger partial charge in [0, 0.05) is 12.4 Å². The van der Waals surface area contributed by atoms with Crippen LogP contribution in [0, 0.1) is 0 Å². The fraction of sp³-hybridized carbons (Fsp3) is 0.231. The second-order valence-electron chi connectivity index (χ2n) is 4.62. The van der Waals surface area contributed by atoms with Crippen LogP contribution in [0.25, 0.3) is 10.9 Å². The topological polar surface area (TPSA) is 84.3 Å². The van der Waals surface area contributed by atoms with Gasteiger partial charge in [-0.25, -0.2) is 0 Å². The predicted molar refractivity (Wildman–Crippen MR) is 69.8 cm³/mol. The minimum atomic E-state index is -0.477. The minimum Gasteiger partial charge on any atom is -0.319 e. The molecule has 0 saturated carbocycles. The molecule has 1 N–H and O–H groups in total. The summed E-state index contributed by atoms with van der Waals surface area (Å²) in [5.74, 6) is -1.37. The van der Waals surface area contributed by atoms with E-state index >= 15 is 0 Å². The van der Waals surface area contributed by atoms with Crippen LogP contribution < -0.4 is 5.32 Å². The summed E-state index contributed by atoms with van der Waals surface area (Å²) in [5, 5.41) is 7.06. The van der Waals surface area contributed by atoms with Gasteiger partial charge in [-0.1, -0.05) is 18.2 Å². The number of piperazine rings is 1. The largest absolute Gasteiger partial charge is 0.319 e. The van der Waals surface area contributed by atoms with Gasteiger partial charge >= 0.3 is 0 Å². The first-order chi connectivity index (χ1) is 9.56. The van der Waals surface area contributed by atoms with E-state index < -0.39 is 17.7 Å². The van der Waals surface area contributed by atoms with E-state index in [1.54, 1.807) is 17.8 Å². The molecule has 1 aromatic carbocycles. The number of imide groups is 1. The normalized spacial score (nSPS) is 15.6. The molecule has 1 fully saturated rings. The second-order valence-corrected chi connectivity index (χ2v) is 4.62. The quantitative estimate of drug-likeness (QED) is 0.721. The van der Waals surface area contributed by atoms with E-state index in [1.165, 1.54) is 4.90 Å². The number of benzene rings is 1. The smallest absolute Gasteiger partial charge is 0.275 e. The Hall–Kier alpha value is -2.70. The highest BCUT2D eigenvalue weighted by molar-refractivity contribution is 6.09. The van der Waals surface area contributed by atoms with Gasteiger partial charge in [0.1, 0.15) is 13.1 Å². The summed E-state index contributed by atoms with van der Waals surface area (Å²) in [7, 11) is 1.74. The van der Waals surface area contributed by atoms with Gasteiger partial charge in [-0.05, 0) is 6.07 Å². The Morgan fingerprint density at radius 3 is 2.55 bits per heavy atom. The zero-order chi connectivity index (χ0) is 14.3. The van der Waals surface area contributed by atoms with Crippen molar-refractivity contribution in [3.05, 3.63) is 30.0 Å². The van der Waals surface area contributed by atoms with E-state index in [-0.39, 0.29) is 18.8 Å². The Kier molecular flexibility index (Phi) is 2.74. The summed E-state index contributed by atoms with van der Waals surface area (Å²) in [4.78, 5) is 36.3. The Labute approximate surface area is 114 Å². The molecule has 0 radical (unpaired) electrons. The van der Waals surface area contributed by atoms with Gasteiger partial charge in [-0.2, -0.15) is 5.10 Å². The van der Waals surface area contributed by atoms with Crippen LogP contribution in [-0.2, 0) is 16.6 Å². The van der Waals surface area contributed by atoms with Crippen molar-refractivity contribution < 1.29 is 14.4 Å². The van der Waals surface area contributed by atoms with Gasteiger partial charge in [0.25, 0.3) is 5.91 Å². The van der Waals surface area contributed by atoms with Crippen molar-refractivity contribution in [3.63, 3.8) is 0 Å². The van der Waals surface area contributed by atoms with E-state index in [0.29, 0.717) is 5.39 Å². The number of fused-ring (bicyclic) bond motifs is 1. The van der Waals surface area contributed by atoms with Crippen molar-refractivity contribution in [2.24, 2.45) is 7.05 Å². The second kappa shape index (κ2) is 4.44. The van der Waals surface area contributed by atoms with E-state index in [9.17, 15) is 14.4 Å². The highest BCUT2D eigenvalue weighted by atomic mass is 16.2. The maximum Gasteiger partial charge on any atom is 0.275 e. The number of nitrogens with zero attached hydrogens (tertiary/aromatic N) is 3. The maximum atomic E-state index is 12.4. The summed E-state index contributed by atoms with van der Waals surface area (Å²) < 4.78 is 1.61. The van der Waals surface area contributed by atoms with Crippen LogP contribution in [0.2, 0.25) is 0 Å². The lowest BCUT2D eigenvalue weighted by Gasteiger charge is -2.24. The van der Waals surface area contributed by atoms with E-state index in [0.717, 1.165) is 5.52 Å². The van der Waals surface area contributed by atoms with Crippen LogP contribution in [-0.4, -0.2) is 45.5 Å². The Morgan fingerprint density at radius 1 is 1.20 bits per heavy atom. The number of aromatic nitrogens is 2. The van der Waals surface area contributed by atoms with Crippen molar-refractivity contribution >= 4 is 28.6 Å². The van der Waals surface area contributed by atoms with Gasteiger partial charge in [-0.3, -0.25) is 24.4 Å². The minimum absolute atomic E-state index is 0.129. The van der Waals surface area contributed by atoms with Crippen molar-refractivity contribution in [3.8, 4) is 0 Å². The summed E-state index contributed by atoms with van der Waals surface area (Å²) in [6.45, 7) is -0.259. The van der Waals surface area contributed by atoms with Gasteiger partial charge < -0.3 is 4.90 Å². The number of carbonyl (C=O) groups excluding carboxylic acids is 3. The Balaban J connectivity index is 2.00. The fourth-order valence-corrected chi connectivity index (χ4v) is 2.30. The van der Waals surface area contributed by atoms with Crippen LogP contribution in [0.3, 0.4) is 0 Å². The molecule has 1 saturated heterocycles. The number of para-hydroxylation sites is 1. The first kappa shape index (κ1) is 12.3. The van der Waals surface area contributed by atoms with Crippen LogP contribution >= 0.6 is 0 Å². The lowest BCUT2D eigenvalue weighted by atomic mass is 10.2. The fourth-order valence-electron chi connectivity index (χ4n) is 2.30. The van der Waals surface area contributed by atoms with Crippen molar-refractivity contribution in [1.29, 1.82) is 0 Å². The first-order valence-corrected chi connectivity index (χ1v) is 6.10. The summed E-state index contributed by atoms with van der Waals surface area (Å²) in [6, 6.07) is 7.32. The molecule has 2 aromatic rings. The monoisotopic (exact) mass is 272 g/mol. The van der Waals surface area contributed by atoms with Crippen molar-refractivity contribution in [1.82, 2.24) is 20.0 Å². The average molecular weight is 272 g/mol. The third-order valence-corrected chi connectivity index (χ3v) is 3.20. The molecule has 0 unspecified atom stereocenters. The molecule has 102 valence electrons. The molecule has 3 rings (SSSR count). The number of aryl methyl sites for hydroxylation is 1. The predicted octanol–water partition coefficient (Wildman–Crippen LogP) is -0.328. The van der Waals surface area contributed by atoms with Crippen LogP contribution in [0.5, 0.6) is 0 Å². The van der Waals surface area contributed by atoms with Gasteiger partial charge in [0.15, 0.2) is 5.69 Å². The standard InChI is InChI=1S/C13H12N4O3/c1-16-9-5-3-2-4-8(9)12(15-16)13(20)17-6-10(18)14-11(19)7-17/h2-5H,6-7H2,1H3,(H,14,18,19). The molecule has 0 aliphatic carbocycles. The molecular weight excluding hydrogens is 260 g/mol. The van der Waals surface area contributed by atoms with E-state index in [2.05, 4.69) is 10.4 Å². The maximum absolute atomic E-state index is 12.4. The van der Waals surface area contributed by atoms with Gasteiger partial charge in [-0.15, -0.1) is 0 Å². The molecule has 7 heteroatoms. The molecule has 0 atom stereocenters. The third kappa shape index (κ3) is 1.93. The number of rotatable bonds is 1. The lowest BCUT2D eigenvalue weighted by molar-refractivity contribution is -0.135. The van der Waals surface area contributed by atoms with Crippen molar-refractivity contribution in [2.45, 2.75) is 0 Å². The molecule has 2 heterocycles.